The van der Waals surface area contributed by atoms with Crippen molar-refractivity contribution in [2.45, 2.75) is 40.2 Å². The first kappa shape index (κ1) is 16.2. The van der Waals surface area contributed by atoms with Gasteiger partial charge in [-0.1, -0.05) is 20.8 Å². The summed E-state index contributed by atoms with van der Waals surface area (Å²) in [5.74, 6) is -0.756. The van der Waals surface area contributed by atoms with Crippen LogP contribution in [-0.2, 0) is 11.3 Å². The van der Waals surface area contributed by atoms with Crippen LogP contribution in [0.1, 0.15) is 44.0 Å². The second-order valence-corrected chi connectivity index (χ2v) is 5.28. The molecule has 0 unspecified atom stereocenters. The number of hydrogen-bond donors (Lipinski definition) is 1. The Labute approximate surface area is 119 Å². The number of aliphatic carboxylic acids is 1. The van der Waals surface area contributed by atoms with Crippen LogP contribution in [0.2, 0.25) is 0 Å². The van der Waals surface area contributed by atoms with Gasteiger partial charge >= 0.3 is 5.97 Å². The summed E-state index contributed by atoms with van der Waals surface area (Å²) in [7, 11) is 0. The molecule has 0 radical (unpaired) electrons. The summed E-state index contributed by atoms with van der Waals surface area (Å²) >= 11 is 0. The molecule has 6 nitrogen and oxygen atoms in total. The molecular weight excluding hydrogens is 258 g/mol. The van der Waals surface area contributed by atoms with Crippen molar-refractivity contribution in [2.75, 3.05) is 13.1 Å². The summed E-state index contributed by atoms with van der Waals surface area (Å²) < 4.78 is 1.73. The first-order chi connectivity index (χ1) is 9.43. The molecule has 112 valence electrons. The van der Waals surface area contributed by atoms with Gasteiger partial charge in [0.25, 0.3) is 5.91 Å². The van der Waals surface area contributed by atoms with Gasteiger partial charge in [-0.25, -0.2) is 0 Å². The Morgan fingerprint density at radius 1 is 1.45 bits per heavy atom. The standard InChI is InChI=1S/C14H23N3O3/c1-4-6-17-10-12(8-15-17)14(20)16(9-11(2)3)7-5-13(18)19/h8,10-11H,4-7,9H2,1-3H3,(H,18,19). The fourth-order valence-electron chi connectivity index (χ4n) is 1.96. The number of aryl methyl sites for hydroxylation is 1. The van der Waals surface area contributed by atoms with Crippen molar-refractivity contribution < 1.29 is 14.7 Å². The monoisotopic (exact) mass is 281 g/mol. The highest BCUT2D eigenvalue weighted by molar-refractivity contribution is 5.93. The van der Waals surface area contributed by atoms with Gasteiger partial charge in [0, 0.05) is 25.8 Å². The number of nitrogens with zero attached hydrogens (tertiary/aromatic N) is 3. The normalized spacial score (nSPS) is 10.8. The van der Waals surface area contributed by atoms with E-state index in [2.05, 4.69) is 5.10 Å². The first-order valence-corrected chi connectivity index (χ1v) is 6.97. The SMILES string of the molecule is CCCn1cc(C(=O)N(CCC(=O)O)CC(C)C)cn1. The molecule has 1 amide bonds. The molecule has 1 aromatic heterocycles. The number of aromatic nitrogens is 2. The molecule has 20 heavy (non-hydrogen) atoms. The van der Waals surface area contributed by atoms with Crippen molar-refractivity contribution in [1.29, 1.82) is 0 Å². The molecule has 0 spiro atoms. The molecular formula is C14H23N3O3. The highest BCUT2D eigenvalue weighted by Crippen LogP contribution is 2.08. The largest absolute Gasteiger partial charge is 0.481 e. The zero-order chi connectivity index (χ0) is 15.1. The Balaban J connectivity index is 2.76. The van der Waals surface area contributed by atoms with Crippen molar-refractivity contribution in [2.24, 2.45) is 5.92 Å². The first-order valence-electron chi connectivity index (χ1n) is 6.97. The third-order valence-electron chi connectivity index (χ3n) is 2.80. The second kappa shape index (κ2) is 7.67. The predicted octanol–water partition coefficient (Wildman–Crippen LogP) is 1.87. The van der Waals surface area contributed by atoms with Gasteiger partial charge < -0.3 is 10.0 Å². The van der Waals surface area contributed by atoms with Gasteiger partial charge in [0.15, 0.2) is 0 Å². The lowest BCUT2D eigenvalue weighted by Gasteiger charge is -2.23. The molecule has 1 rings (SSSR count). The lowest BCUT2D eigenvalue weighted by atomic mass is 10.2. The number of carboxylic acid groups (broad SMARTS) is 1. The minimum absolute atomic E-state index is 0.0401. The zero-order valence-corrected chi connectivity index (χ0v) is 12.4. The molecule has 0 bridgehead atoms. The number of carbonyl (C=O) groups excluding carboxylic acids is 1. The van der Waals surface area contributed by atoms with E-state index in [1.54, 1.807) is 22.0 Å². The average molecular weight is 281 g/mol. The van der Waals surface area contributed by atoms with Crippen LogP contribution in [0.15, 0.2) is 12.4 Å². The topological polar surface area (TPSA) is 75.4 Å². The van der Waals surface area contributed by atoms with Gasteiger partial charge in [-0.3, -0.25) is 14.3 Å². The van der Waals surface area contributed by atoms with Crippen LogP contribution in [0, 0.1) is 5.92 Å². The minimum Gasteiger partial charge on any atom is -0.481 e. The summed E-state index contributed by atoms with van der Waals surface area (Å²) in [4.78, 5) is 24.7. The van der Waals surface area contributed by atoms with Crippen molar-refractivity contribution in [3.63, 3.8) is 0 Å². The van der Waals surface area contributed by atoms with E-state index in [0.29, 0.717) is 18.0 Å². The molecule has 6 heteroatoms. The predicted molar refractivity (Wildman–Crippen MR) is 75.5 cm³/mol. The van der Waals surface area contributed by atoms with Crippen LogP contribution in [0.4, 0.5) is 0 Å². The number of carboxylic acids is 1. The summed E-state index contributed by atoms with van der Waals surface area (Å²) in [6.07, 6.45) is 4.18. The van der Waals surface area contributed by atoms with E-state index in [4.69, 9.17) is 5.11 Å². The van der Waals surface area contributed by atoms with Gasteiger partial charge in [-0.2, -0.15) is 5.10 Å². The van der Waals surface area contributed by atoms with Gasteiger partial charge in [0.2, 0.25) is 0 Å². The fraction of sp³-hybridized carbons (Fsp3) is 0.643. The summed E-state index contributed by atoms with van der Waals surface area (Å²) in [5.41, 5.74) is 0.518. The van der Waals surface area contributed by atoms with Gasteiger partial charge in [0.05, 0.1) is 18.2 Å². The van der Waals surface area contributed by atoms with Crippen LogP contribution in [0.5, 0.6) is 0 Å². The molecule has 0 aliphatic carbocycles. The highest BCUT2D eigenvalue weighted by Gasteiger charge is 2.19. The van der Waals surface area contributed by atoms with Gasteiger partial charge in [-0.15, -0.1) is 0 Å². The maximum atomic E-state index is 12.4. The van der Waals surface area contributed by atoms with E-state index in [1.165, 1.54) is 0 Å². The third-order valence-corrected chi connectivity index (χ3v) is 2.80. The molecule has 0 aromatic carbocycles. The molecule has 0 aliphatic heterocycles. The third kappa shape index (κ3) is 5.03. The average Bonchev–Trinajstić information content (AvgIpc) is 2.82. The summed E-state index contributed by atoms with van der Waals surface area (Å²) in [6.45, 7) is 7.59. The number of amides is 1. The van der Waals surface area contributed by atoms with Crippen molar-refractivity contribution >= 4 is 11.9 Å². The van der Waals surface area contributed by atoms with Crippen molar-refractivity contribution in [3.05, 3.63) is 18.0 Å². The van der Waals surface area contributed by atoms with E-state index in [9.17, 15) is 9.59 Å². The lowest BCUT2D eigenvalue weighted by molar-refractivity contribution is -0.137. The van der Waals surface area contributed by atoms with Crippen LogP contribution < -0.4 is 0 Å². The van der Waals surface area contributed by atoms with E-state index in [0.717, 1.165) is 13.0 Å². The van der Waals surface area contributed by atoms with Gasteiger partial charge in [0.1, 0.15) is 0 Å². The molecule has 0 saturated heterocycles. The fourth-order valence-corrected chi connectivity index (χ4v) is 1.96. The Hall–Kier alpha value is -1.85. The number of rotatable bonds is 8. The molecule has 1 N–H and O–H groups in total. The van der Waals surface area contributed by atoms with E-state index < -0.39 is 5.97 Å². The Bertz CT molecular complexity index is 454. The van der Waals surface area contributed by atoms with Crippen LogP contribution >= 0.6 is 0 Å². The maximum Gasteiger partial charge on any atom is 0.305 e. The Morgan fingerprint density at radius 2 is 2.15 bits per heavy atom. The highest BCUT2D eigenvalue weighted by atomic mass is 16.4. The summed E-state index contributed by atoms with van der Waals surface area (Å²) in [6, 6.07) is 0. The van der Waals surface area contributed by atoms with Crippen LogP contribution in [-0.4, -0.2) is 44.8 Å². The Kier molecular flexibility index (Phi) is 6.21. The van der Waals surface area contributed by atoms with E-state index in [1.807, 2.05) is 20.8 Å². The maximum absolute atomic E-state index is 12.4. The van der Waals surface area contributed by atoms with Crippen molar-refractivity contribution in [3.8, 4) is 0 Å². The van der Waals surface area contributed by atoms with Crippen molar-refractivity contribution in [1.82, 2.24) is 14.7 Å². The molecule has 0 aliphatic rings. The number of carbonyl (C=O) groups is 2. The second-order valence-electron chi connectivity index (χ2n) is 5.28. The van der Waals surface area contributed by atoms with Crippen LogP contribution in [0.3, 0.4) is 0 Å². The molecule has 0 fully saturated rings. The number of hydrogen-bond acceptors (Lipinski definition) is 3. The van der Waals surface area contributed by atoms with E-state index in [-0.39, 0.29) is 18.9 Å². The molecule has 0 atom stereocenters. The van der Waals surface area contributed by atoms with Gasteiger partial charge in [-0.05, 0) is 12.3 Å². The lowest BCUT2D eigenvalue weighted by Crippen LogP contribution is -2.35. The Morgan fingerprint density at radius 3 is 2.70 bits per heavy atom. The summed E-state index contributed by atoms with van der Waals surface area (Å²) in [5, 5.41) is 12.9. The molecule has 1 heterocycles. The molecule has 1 aromatic rings. The minimum atomic E-state index is -0.895. The van der Waals surface area contributed by atoms with Crippen LogP contribution in [0.25, 0.3) is 0 Å². The molecule has 0 saturated carbocycles. The van der Waals surface area contributed by atoms with E-state index >= 15 is 0 Å². The smallest absolute Gasteiger partial charge is 0.305 e. The zero-order valence-electron chi connectivity index (χ0n) is 12.4. The quantitative estimate of drug-likeness (QED) is 0.789.